The molecule has 2 aliphatic heterocycles. The summed E-state index contributed by atoms with van der Waals surface area (Å²) in [4.78, 5) is 13.8. The molecule has 0 saturated heterocycles. The first-order chi connectivity index (χ1) is 18.2. The van der Waals surface area contributed by atoms with Crippen molar-refractivity contribution in [2.24, 2.45) is 0 Å². The summed E-state index contributed by atoms with van der Waals surface area (Å²) in [6.45, 7) is 0.242. The second-order valence-corrected chi connectivity index (χ2v) is 9.77. The zero-order chi connectivity index (χ0) is 24.8. The number of allylic oxidation sites excluding steroid dienone is 1. The first-order valence-electron chi connectivity index (χ1n) is 12.7. The van der Waals surface area contributed by atoms with E-state index in [1.807, 2.05) is 42.5 Å². The van der Waals surface area contributed by atoms with Gasteiger partial charge in [0.1, 0.15) is 0 Å². The van der Waals surface area contributed by atoms with E-state index in [-0.39, 0.29) is 24.5 Å². The molecule has 3 aliphatic rings. The van der Waals surface area contributed by atoms with Crippen LogP contribution in [0, 0.1) is 0 Å². The maximum atomic E-state index is 13.8. The zero-order valence-corrected chi connectivity index (χ0v) is 20.2. The number of fused-ring (bicyclic) bond motifs is 2. The first kappa shape index (κ1) is 21.7. The first-order valence-corrected chi connectivity index (χ1v) is 12.7. The standard InChI is InChI=1S/C32H26N2O3/c35-28-17-24(23-14-15-29-30(18-23)37-19-36-29)16-27-31(28)32(34-26-9-5-4-8-25(26)33-27)22-12-10-21(11-13-22)20-6-2-1-3-7-20/h1-15,18,24,32-34H,16-17,19H2/t24-,32-/m0/s1. The number of hydrogen-bond donors (Lipinski definition) is 2. The molecule has 7 rings (SSSR count). The average molecular weight is 487 g/mol. The summed E-state index contributed by atoms with van der Waals surface area (Å²) in [6, 6.07) is 32.8. The van der Waals surface area contributed by atoms with Crippen LogP contribution in [0.4, 0.5) is 11.4 Å². The largest absolute Gasteiger partial charge is 0.454 e. The lowest BCUT2D eigenvalue weighted by Gasteiger charge is -2.30. The van der Waals surface area contributed by atoms with E-state index in [1.54, 1.807) is 0 Å². The van der Waals surface area contributed by atoms with Crippen molar-refractivity contribution in [2.45, 2.75) is 24.8 Å². The van der Waals surface area contributed by atoms with Crippen molar-refractivity contribution in [2.75, 3.05) is 17.4 Å². The fourth-order valence-corrected chi connectivity index (χ4v) is 5.64. The van der Waals surface area contributed by atoms with Crippen molar-refractivity contribution >= 4 is 17.2 Å². The lowest BCUT2D eigenvalue weighted by Crippen LogP contribution is -2.26. The van der Waals surface area contributed by atoms with Crippen molar-refractivity contribution in [1.82, 2.24) is 0 Å². The van der Waals surface area contributed by atoms with Crippen LogP contribution < -0.4 is 20.1 Å². The third-order valence-corrected chi connectivity index (χ3v) is 7.53. The summed E-state index contributed by atoms with van der Waals surface area (Å²) < 4.78 is 11.1. The highest BCUT2D eigenvalue weighted by Gasteiger charge is 2.36. The van der Waals surface area contributed by atoms with Gasteiger partial charge < -0.3 is 20.1 Å². The van der Waals surface area contributed by atoms with Crippen molar-refractivity contribution in [3.8, 4) is 22.6 Å². The van der Waals surface area contributed by atoms with Crippen LogP contribution in [0.2, 0.25) is 0 Å². The second kappa shape index (κ2) is 8.86. The Kier molecular flexibility index (Phi) is 5.21. The molecule has 0 unspecified atom stereocenters. The molecule has 0 fully saturated rings. The Hall–Kier alpha value is -4.51. The highest BCUT2D eigenvalue weighted by atomic mass is 16.7. The van der Waals surface area contributed by atoms with E-state index in [0.29, 0.717) is 6.42 Å². The zero-order valence-electron chi connectivity index (χ0n) is 20.2. The van der Waals surface area contributed by atoms with E-state index in [1.165, 1.54) is 5.56 Å². The summed E-state index contributed by atoms with van der Waals surface area (Å²) in [5, 5.41) is 7.30. The molecule has 2 N–H and O–H groups in total. The SMILES string of the molecule is O=C1C[C@@H](c2ccc3c(c2)OCO3)CC2=C1[C@H](c1ccc(-c3ccccc3)cc1)Nc1ccccc1N2. The number of benzene rings is 4. The molecule has 0 amide bonds. The molecule has 2 atom stereocenters. The van der Waals surface area contributed by atoms with E-state index in [9.17, 15) is 4.79 Å². The molecule has 5 nitrogen and oxygen atoms in total. The number of Topliss-reactive ketones (excluding diaryl/α,β-unsaturated/α-hetero) is 1. The van der Waals surface area contributed by atoms with Gasteiger partial charge >= 0.3 is 0 Å². The normalized spacial score (nSPS) is 19.8. The van der Waals surface area contributed by atoms with Crippen LogP contribution in [-0.4, -0.2) is 12.6 Å². The minimum Gasteiger partial charge on any atom is -0.454 e. The third kappa shape index (κ3) is 3.93. The Morgan fingerprint density at radius 2 is 1.38 bits per heavy atom. The maximum absolute atomic E-state index is 13.8. The smallest absolute Gasteiger partial charge is 0.231 e. The number of hydrogen-bond acceptors (Lipinski definition) is 5. The highest BCUT2D eigenvalue weighted by Crippen LogP contribution is 2.45. The van der Waals surface area contributed by atoms with Crippen molar-refractivity contribution in [3.63, 3.8) is 0 Å². The molecular weight excluding hydrogens is 460 g/mol. The molecule has 0 aromatic heterocycles. The van der Waals surface area contributed by atoms with Gasteiger partial charge in [0.15, 0.2) is 17.3 Å². The Morgan fingerprint density at radius 1 is 0.676 bits per heavy atom. The number of carbonyl (C=O) groups excluding carboxylic acids is 1. The van der Waals surface area contributed by atoms with Gasteiger partial charge in [-0.15, -0.1) is 0 Å². The van der Waals surface area contributed by atoms with Crippen molar-refractivity contribution in [3.05, 3.63) is 119 Å². The molecule has 0 radical (unpaired) electrons. The van der Waals surface area contributed by atoms with Gasteiger partial charge in [-0.1, -0.05) is 72.8 Å². The summed E-state index contributed by atoms with van der Waals surface area (Å²) >= 11 is 0. The third-order valence-electron chi connectivity index (χ3n) is 7.53. The molecule has 4 aromatic carbocycles. The molecule has 5 heteroatoms. The molecule has 182 valence electrons. The average Bonchev–Trinajstić information content (AvgIpc) is 3.34. The number of anilines is 2. The lowest BCUT2D eigenvalue weighted by atomic mass is 9.78. The fraction of sp³-hybridized carbons (Fsp3) is 0.156. The molecule has 37 heavy (non-hydrogen) atoms. The number of para-hydroxylation sites is 2. The van der Waals surface area contributed by atoms with E-state index in [4.69, 9.17) is 9.47 Å². The van der Waals surface area contributed by atoms with Gasteiger partial charge in [-0.05, 0) is 58.9 Å². The Bertz CT molecular complexity index is 1530. The Morgan fingerprint density at radius 3 is 2.22 bits per heavy atom. The van der Waals surface area contributed by atoms with E-state index < -0.39 is 0 Å². The van der Waals surface area contributed by atoms with Crippen molar-refractivity contribution in [1.29, 1.82) is 0 Å². The maximum Gasteiger partial charge on any atom is 0.231 e. The molecule has 0 saturated carbocycles. The summed E-state index contributed by atoms with van der Waals surface area (Å²) in [6.07, 6.45) is 1.20. The molecule has 0 spiro atoms. The summed E-state index contributed by atoms with van der Waals surface area (Å²) in [7, 11) is 0. The summed E-state index contributed by atoms with van der Waals surface area (Å²) in [5.41, 5.74) is 8.27. The van der Waals surface area contributed by atoms with Gasteiger partial charge in [0.05, 0.1) is 17.4 Å². The number of rotatable bonds is 3. The van der Waals surface area contributed by atoms with Gasteiger partial charge in [-0.2, -0.15) is 0 Å². The van der Waals surface area contributed by atoms with Gasteiger partial charge in [-0.3, -0.25) is 4.79 Å². The molecule has 4 aromatic rings. The van der Waals surface area contributed by atoms with E-state index >= 15 is 0 Å². The molecule has 2 heterocycles. The molecule has 0 bridgehead atoms. The number of ketones is 1. The van der Waals surface area contributed by atoms with Crippen LogP contribution in [0.25, 0.3) is 11.1 Å². The highest BCUT2D eigenvalue weighted by molar-refractivity contribution is 6.01. The number of ether oxygens (including phenoxy) is 2. The van der Waals surface area contributed by atoms with Crippen LogP contribution in [0.3, 0.4) is 0 Å². The van der Waals surface area contributed by atoms with Crippen LogP contribution in [0.15, 0.2) is 108 Å². The van der Waals surface area contributed by atoms with Crippen LogP contribution in [-0.2, 0) is 4.79 Å². The predicted molar refractivity (Wildman–Crippen MR) is 145 cm³/mol. The Balaban J connectivity index is 1.27. The van der Waals surface area contributed by atoms with Gasteiger partial charge in [0.25, 0.3) is 0 Å². The van der Waals surface area contributed by atoms with Crippen LogP contribution in [0.5, 0.6) is 11.5 Å². The van der Waals surface area contributed by atoms with E-state index in [0.717, 1.165) is 57.3 Å². The van der Waals surface area contributed by atoms with Crippen LogP contribution in [0.1, 0.15) is 35.9 Å². The Labute approximate surface area is 215 Å². The fourth-order valence-electron chi connectivity index (χ4n) is 5.64. The minimum atomic E-state index is -0.235. The van der Waals surface area contributed by atoms with Gasteiger partial charge in [0, 0.05) is 17.7 Å². The van der Waals surface area contributed by atoms with Gasteiger partial charge in [-0.25, -0.2) is 0 Å². The monoisotopic (exact) mass is 486 g/mol. The van der Waals surface area contributed by atoms with Crippen molar-refractivity contribution < 1.29 is 14.3 Å². The van der Waals surface area contributed by atoms with Gasteiger partial charge in [0.2, 0.25) is 6.79 Å². The van der Waals surface area contributed by atoms with E-state index in [2.05, 4.69) is 65.2 Å². The number of carbonyl (C=O) groups is 1. The lowest BCUT2D eigenvalue weighted by molar-refractivity contribution is -0.116. The molecular formula is C32H26N2O3. The second-order valence-electron chi connectivity index (χ2n) is 9.77. The summed E-state index contributed by atoms with van der Waals surface area (Å²) in [5.74, 6) is 1.74. The predicted octanol–water partition coefficient (Wildman–Crippen LogP) is 7.06. The van der Waals surface area contributed by atoms with Crippen LogP contribution >= 0.6 is 0 Å². The molecule has 1 aliphatic carbocycles. The quantitative estimate of drug-likeness (QED) is 0.325. The minimum absolute atomic E-state index is 0.0691. The topological polar surface area (TPSA) is 59.6 Å². The number of nitrogens with one attached hydrogen (secondary N) is 2.